The molecule has 3 aromatic rings. The second-order valence-electron chi connectivity index (χ2n) is 5.68. The molecule has 1 aromatic heterocycles. The monoisotopic (exact) mass is 323 g/mol. The summed E-state index contributed by atoms with van der Waals surface area (Å²) in [5, 5.41) is 16.2. The Morgan fingerprint density at radius 2 is 1.83 bits per heavy atom. The van der Waals surface area contributed by atoms with Gasteiger partial charge in [0.15, 0.2) is 0 Å². The van der Waals surface area contributed by atoms with E-state index < -0.39 is 6.04 Å². The minimum atomic E-state index is -0.403. The van der Waals surface area contributed by atoms with Gasteiger partial charge in [0.1, 0.15) is 0 Å². The number of aliphatic hydroxyl groups is 1. The molecule has 0 radical (unpaired) electrons. The van der Waals surface area contributed by atoms with Crippen LogP contribution in [-0.4, -0.2) is 29.3 Å². The summed E-state index contributed by atoms with van der Waals surface area (Å²) < 4.78 is 0. The topological polar surface area (TPSA) is 77.2 Å². The first-order chi connectivity index (χ1) is 11.8. The molecule has 0 spiro atoms. The number of aliphatic hydroxyl groups excluding tert-OH is 1. The predicted octanol–water partition coefficient (Wildman–Crippen LogP) is 2.74. The van der Waals surface area contributed by atoms with E-state index in [0.717, 1.165) is 23.2 Å². The van der Waals surface area contributed by atoms with Gasteiger partial charge in [0.2, 0.25) is 0 Å². The molecule has 0 saturated carbocycles. The third-order valence-electron chi connectivity index (χ3n) is 3.96. The average Bonchev–Trinajstić information content (AvgIpc) is 3.03. The summed E-state index contributed by atoms with van der Waals surface area (Å²) in [4.78, 5) is 15.3. The summed E-state index contributed by atoms with van der Waals surface area (Å²) in [6.07, 6.45) is 0.719. The molecule has 1 heterocycles. The Bertz CT molecular complexity index is 765. The molecule has 124 valence electrons. The lowest BCUT2D eigenvalue weighted by Crippen LogP contribution is -2.40. The first-order valence-corrected chi connectivity index (χ1v) is 8.03. The van der Waals surface area contributed by atoms with Crippen LogP contribution in [-0.2, 0) is 6.42 Å². The molecular formula is C19H21N3O2. The number of rotatable bonds is 6. The third kappa shape index (κ3) is 3.94. The summed E-state index contributed by atoms with van der Waals surface area (Å²) in [5.41, 5.74) is 3.06. The number of nitrogens with one attached hydrogen (secondary N) is 3. The van der Waals surface area contributed by atoms with Crippen LogP contribution < -0.4 is 10.6 Å². The van der Waals surface area contributed by atoms with Crippen molar-refractivity contribution in [2.75, 3.05) is 13.2 Å². The number of amides is 2. The van der Waals surface area contributed by atoms with Crippen LogP contribution in [0.5, 0.6) is 0 Å². The van der Waals surface area contributed by atoms with Crippen molar-refractivity contribution >= 4 is 16.9 Å². The quantitative estimate of drug-likeness (QED) is 0.563. The van der Waals surface area contributed by atoms with Gasteiger partial charge in [-0.15, -0.1) is 0 Å². The minimum absolute atomic E-state index is 0.139. The summed E-state index contributed by atoms with van der Waals surface area (Å²) in [6, 6.07) is 18.9. The highest BCUT2D eigenvalue weighted by atomic mass is 16.3. The predicted molar refractivity (Wildman–Crippen MR) is 94.8 cm³/mol. The van der Waals surface area contributed by atoms with Crippen molar-refractivity contribution in [3.63, 3.8) is 0 Å². The maximum absolute atomic E-state index is 12.0. The Labute approximate surface area is 140 Å². The molecule has 24 heavy (non-hydrogen) atoms. The van der Waals surface area contributed by atoms with E-state index >= 15 is 0 Å². The number of hydrogen-bond donors (Lipinski definition) is 4. The van der Waals surface area contributed by atoms with Crippen molar-refractivity contribution in [1.29, 1.82) is 0 Å². The molecule has 5 nitrogen and oxygen atoms in total. The van der Waals surface area contributed by atoms with E-state index in [4.69, 9.17) is 0 Å². The van der Waals surface area contributed by atoms with Gasteiger partial charge in [0.05, 0.1) is 12.6 Å². The van der Waals surface area contributed by atoms with Crippen LogP contribution in [0.1, 0.15) is 17.3 Å². The Morgan fingerprint density at radius 1 is 1.08 bits per heavy atom. The molecule has 0 aliphatic rings. The fraction of sp³-hybridized carbons (Fsp3) is 0.211. The highest BCUT2D eigenvalue weighted by Gasteiger charge is 2.12. The second-order valence-corrected chi connectivity index (χ2v) is 5.68. The molecule has 1 unspecified atom stereocenters. The summed E-state index contributed by atoms with van der Waals surface area (Å²) in [6.45, 7) is 0.380. The van der Waals surface area contributed by atoms with Crippen molar-refractivity contribution in [2.24, 2.45) is 0 Å². The Balaban J connectivity index is 1.50. The van der Waals surface area contributed by atoms with E-state index in [-0.39, 0.29) is 12.6 Å². The number of H-pyrrole nitrogens is 1. The molecule has 0 saturated heterocycles. The molecule has 0 aliphatic heterocycles. The van der Waals surface area contributed by atoms with E-state index in [0.29, 0.717) is 6.54 Å². The van der Waals surface area contributed by atoms with Gasteiger partial charge in [-0.1, -0.05) is 48.5 Å². The van der Waals surface area contributed by atoms with E-state index in [2.05, 4.69) is 27.8 Å². The van der Waals surface area contributed by atoms with Crippen LogP contribution in [0.3, 0.4) is 0 Å². The van der Waals surface area contributed by atoms with Crippen molar-refractivity contribution in [2.45, 2.75) is 12.5 Å². The largest absolute Gasteiger partial charge is 0.394 e. The molecule has 0 fully saturated rings. The van der Waals surface area contributed by atoms with Crippen LogP contribution in [0.4, 0.5) is 4.79 Å². The van der Waals surface area contributed by atoms with Gasteiger partial charge >= 0.3 is 6.03 Å². The highest BCUT2D eigenvalue weighted by molar-refractivity contribution is 5.80. The van der Waals surface area contributed by atoms with E-state index in [1.807, 2.05) is 48.5 Å². The Morgan fingerprint density at radius 3 is 2.58 bits per heavy atom. The van der Waals surface area contributed by atoms with Crippen molar-refractivity contribution in [3.05, 3.63) is 71.9 Å². The first-order valence-electron chi connectivity index (χ1n) is 8.03. The fourth-order valence-electron chi connectivity index (χ4n) is 2.71. The van der Waals surface area contributed by atoms with Crippen LogP contribution >= 0.6 is 0 Å². The fourth-order valence-corrected chi connectivity index (χ4v) is 2.71. The lowest BCUT2D eigenvalue weighted by Gasteiger charge is -2.17. The summed E-state index contributed by atoms with van der Waals surface area (Å²) in [7, 11) is 0. The van der Waals surface area contributed by atoms with Gasteiger partial charge in [0, 0.05) is 24.2 Å². The van der Waals surface area contributed by atoms with Crippen molar-refractivity contribution in [3.8, 4) is 0 Å². The molecule has 0 aliphatic carbocycles. The number of carbonyl (C=O) groups excluding carboxylic acids is 1. The molecule has 4 N–H and O–H groups in total. The molecule has 0 bridgehead atoms. The number of aromatic nitrogens is 1. The van der Waals surface area contributed by atoms with Crippen LogP contribution in [0, 0.1) is 0 Å². The summed E-state index contributed by atoms with van der Waals surface area (Å²) in [5.74, 6) is 0. The number of benzene rings is 2. The number of urea groups is 1. The Kier molecular flexibility index (Phi) is 5.13. The SMILES string of the molecule is O=C(NCCc1cc2ccccc2[nH]1)NC(CO)c1ccccc1. The number of fused-ring (bicyclic) bond motifs is 1. The molecule has 1 atom stereocenters. The van der Waals surface area contributed by atoms with Crippen LogP contribution in [0.2, 0.25) is 0 Å². The average molecular weight is 323 g/mol. The molecule has 5 heteroatoms. The third-order valence-corrected chi connectivity index (χ3v) is 3.96. The second kappa shape index (κ2) is 7.66. The zero-order chi connectivity index (χ0) is 16.8. The zero-order valence-electron chi connectivity index (χ0n) is 13.3. The number of hydrogen-bond acceptors (Lipinski definition) is 2. The van der Waals surface area contributed by atoms with Gasteiger partial charge in [0.25, 0.3) is 0 Å². The maximum Gasteiger partial charge on any atom is 0.315 e. The van der Waals surface area contributed by atoms with Crippen LogP contribution in [0.25, 0.3) is 10.9 Å². The lowest BCUT2D eigenvalue weighted by atomic mass is 10.1. The maximum atomic E-state index is 12.0. The smallest absolute Gasteiger partial charge is 0.315 e. The Hall–Kier alpha value is -2.79. The minimum Gasteiger partial charge on any atom is -0.394 e. The lowest BCUT2D eigenvalue weighted by molar-refractivity contribution is 0.217. The zero-order valence-corrected chi connectivity index (χ0v) is 13.3. The molecule has 2 aromatic carbocycles. The van der Waals surface area contributed by atoms with E-state index in [9.17, 15) is 9.90 Å². The van der Waals surface area contributed by atoms with E-state index in [1.54, 1.807) is 0 Å². The van der Waals surface area contributed by atoms with Crippen molar-refractivity contribution in [1.82, 2.24) is 15.6 Å². The molecule has 3 rings (SSSR count). The van der Waals surface area contributed by atoms with Gasteiger partial charge in [-0.3, -0.25) is 0 Å². The molecular weight excluding hydrogens is 302 g/mol. The normalized spacial score (nSPS) is 12.0. The first kappa shape index (κ1) is 16.1. The standard InChI is InChI=1S/C19H21N3O2/c23-13-18(14-6-2-1-3-7-14)22-19(24)20-11-10-16-12-15-8-4-5-9-17(15)21-16/h1-9,12,18,21,23H,10-11,13H2,(H2,20,22,24). The molecule has 2 amide bonds. The number of aromatic amines is 1. The van der Waals surface area contributed by atoms with Gasteiger partial charge < -0.3 is 20.7 Å². The highest BCUT2D eigenvalue weighted by Crippen LogP contribution is 2.14. The van der Waals surface area contributed by atoms with E-state index in [1.165, 1.54) is 5.39 Å². The van der Waals surface area contributed by atoms with Crippen LogP contribution in [0.15, 0.2) is 60.7 Å². The van der Waals surface area contributed by atoms with Gasteiger partial charge in [-0.05, 0) is 23.1 Å². The van der Waals surface area contributed by atoms with Gasteiger partial charge in [-0.2, -0.15) is 0 Å². The number of para-hydroxylation sites is 1. The number of carbonyl (C=O) groups is 1. The summed E-state index contributed by atoms with van der Waals surface area (Å²) >= 11 is 0. The van der Waals surface area contributed by atoms with Crippen molar-refractivity contribution < 1.29 is 9.90 Å². The van der Waals surface area contributed by atoms with Gasteiger partial charge in [-0.25, -0.2) is 4.79 Å².